The van der Waals surface area contributed by atoms with Crippen LogP contribution in [-0.4, -0.2) is 17.6 Å². The molecule has 0 aliphatic rings. The van der Waals surface area contributed by atoms with E-state index in [1.165, 1.54) is 0 Å². The molecule has 0 bridgehead atoms. The SMILES string of the molecule is O=C(O)CN=Nc1ccccc1Cl. The van der Waals surface area contributed by atoms with E-state index in [9.17, 15) is 4.79 Å². The number of rotatable bonds is 3. The summed E-state index contributed by atoms with van der Waals surface area (Å²) in [5.41, 5.74) is 0.477. The Bertz CT molecular complexity index is 339. The molecule has 1 aromatic carbocycles. The first-order chi connectivity index (χ1) is 6.20. The Hall–Kier alpha value is -1.42. The molecule has 0 aliphatic carbocycles. The maximum atomic E-state index is 10.1. The van der Waals surface area contributed by atoms with Gasteiger partial charge in [0, 0.05) is 0 Å². The lowest BCUT2D eigenvalue weighted by Crippen LogP contribution is -1.97. The number of halogens is 1. The molecule has 0 heterocycles. The Labute approximate surface area is 79.9 Å². The van der Waals surface area contributed by atoms with Crippen LogP contribution in [0.5, 0.6) is 0 Å². The summed E-state index contributed by atoms with van der Waals surface area (Å²) in [6.45, 7) is -0.342. The minimum atomic E-state index is -1.02. The first-order valence-corrected chi connectivity index (χ1v) is 3.92. The second-order valence-electron chi connectivity index (χ2n) is 2.24. The van der Waals surface area contributed by atoms with E-state index in [4.69, 9.17) is 16.7 Å². The predicted octanol–water partition coefficient (Wildman–Crippen LogP) is 2.51. The molecule has 0 fully saturated rings. The molecule has 0 unspecified atom stereocenters. The number of azo groups is 1. The quantitative estimate of drug-likeness (QED) is 0.759. The van der Waals surface area contributed by atoms with Crippen molar-refractivity contribution in [2.24, 2.45) is 10.2 Å². The van der Waals surface area contributed by atoms with Gasteiger partial charge in [-0.2, -0.15) is 10.2 Å². The van der Waals surface area contributed by atoms with Gasteiger partial charge in [-0.1, -0.05) is 23.7 Å². The van der Waals surface area contributed by atoms with Crippen LogP contribution in [0.4, 0.5) is 5.69 Å². The largest absolute Gasteiger partial charge is 0.480 e. The summed E-state index contributed by atoms with van der Waals surface area (Å²) in [6, 6.07) is 6.84. The smallest absolute Gasteiger partial charge is 0.327 e. The molecule has 5 heteroatoms. The summed E-state index contributed by atoms with van der Waals surface area (Å²) in [5, 5.41) is 15.8. The van der Waals surface area contributed by atoms with Crippen LogP contribution >= 0.6 is 11.6 Å². The summed E-state index contributed by atoms with van der Waals surface area (Å²) < 4.78 is 0. The molecule has 1 N–H and O–H groups in total. The topological polar surface area (TPSA) is 62.0 Å². The Morgan fingerprint density at radius 1 is 1.46 bits per heavy atom. The molecular formula is C8H7ClN2O2. The van der Waals surface area contributed by atoms with Gasteiger partial charge < -0.3 is 5.11 Å². The van der Waals surface area contributed by atoms with Crippen molar-refractivity contribution >= 4 is 23.3 Å². The zero-order chi connectivity index (χ0) is 9.68. The highest BCUT2D eigenvalue weighted by molar-refractivity contribution is 6.32. The number of hydrogen-bond donors (Lipinski definition) is 1. The lowest BCUT2D eigenvalue weighted by Gasteiger charge is -1.93. The molecule has 1 aromatic rings. The number of aliphatic carboxylic acids is 1. The molecule has 4 nitrogen and oxygen atoms in total. The lowest BCUT2D eigenvalue weighted by molar-refractivity contribution is -0.135. The van der Waals surface area contributed by atoms with Crippen molar-refractivity contribution in [3.8, 4) is 0 Å². The maximum Gasteiger partial charge on any atom is 0.327 e. The third-order valence-corrected chi connectivity index (χ3v) is 1.56. The number of nitrogens with zero attached hydrogens (tertiary/aromatic N) is 2. The Balaban J connectivity index is 2.68. The minimum absolute atomic E-state index is 0.342. The number of carboxylic acids is 1. The van der Waals surface area contributed by atoms with Gasteiger partial charge in [-0.15, -0.1) is 0 Å². The first kappa shape index (κ1) is 9.67. The molecule has 0 saturated carbocycles. The van der Waals surface area contributed by atoms with Crippen LogP contribution in [0.15, 0.2) is 34.5 Å². The molecule has 13 heavy (non-hydrogen) atoms. The molecular weight excluding hydrogens is 192 g/mol. The molecule has 0 atom stereocenters. The summed E-state index contributed by atoms with van der Waals surface area (Å²) in [6.07, 6.45) is 0. The molecule has 0 saturated heterocycles. The first-order valence-electron chi connectivity index (χ1n) is 3.54. The van der Waals surface area contributed by atoms with Crippen molar-refractivity contribution in [2.45, 2.75) is 0 Å². The van der Waals surface area contributed by atoms with Gasteiger partial charge in [0.2, 0.25) is 0 Å². The summed E-state index contributed by atoms with van der Waals surface area (Å²) in [7, 11) is 0. The van der Waals surface area contributed by atoms with Crippen molar-refractivity contribution in [3.63, 3.8) is 0 Å². The fraction of sp³-hybridized carbons (Fsp3) is 0.125. The van der Waals surface area contributed by atoms with Crippen LogP contribution in [0.3, 0.4) is 0 Å². The van der Waals surface area contributed by atoms with Crippen molar-refractivity contribution < 1.29 is 9.90 Å². The van der Waals surface area contributed by atoms with E-state index in [0.29, 0.717) is 10.7 Å². The standard InChI is InChI=1S/C8H7ClN2O2/c9-6-3-1-2-4-7(6)11-10-5-8(12)13/h1-4H,5H2,(H,12,13). The Morgan fingerprint density at radius 3 is 2.77 bits per heavy atom. The number of carboxylic acid groups (broad SMARTS) is 1. The van der Waals surface area contributed by atoms with Gasteiger partial charge in [0.1, 0.15) is 5.69 Å². The number of carbonyl (C=O) groups is 1. The average molecular weight is 199 g/mol. The van der Waals surface area contributed by atoms with Crippen molar-refractivity contribution in [1.29, 1.82) is 0 Å². The third kappa shape index (κ3) is 3.21. The van der Waals surface area contributed by atoms with Gasteiger partial charge in [-0.25, -0.2) is 0 Å². The molecule has 68 valence electrons. The predicted molar refractivity (Wildman–Crippen MR) is 48.5 cm³/mol. The monoisotopic (exact) mass is 198 g/mol. The van der Waals surface area contributed by atoms with Crippen molar-refractivity contribution in [2.75, 3.05) is 6.54 Å². The van der Waals surface area contributed by atoms with Crippen LogP contribution < -0.4 is 0 Å². The second-order valence-corrected chi connectivity index (χ2v) is 2.65. The Kier molecular flexibility index (Phi) is 3.40. The highest BCUT2D eigenvalue weighted by Gasteiger charge is 1.96. The Morgan fingerprint density at radius 2 is 2.15 bits per heavy atom. The third-order valence-electron chi connectivity index (χ3n) is 1.24. The van der Waals surface area contributed by atoms with Crippen LogP contribution in [0.2, 0.25) is 5.02 Å². The summed E-state index contributed by atoms with van der Waals surface area (Å²) >= 11 is 5.74. The zero-order valence-electron chi connectivity index (χ0n) is 6.64. The van der Waals surface area contributed by atoms with E-state index in [1.807, 2.05) is 0 Å². The van der Waals surface area contributed by atoms with E-state index < -0.39 is 5.97 Å². The molecule has 0 amide bonds. The zero-order valence-corrected chi connectivity index (χ0v) is 7.40. The lowest BCUT2D eigenvalue weighted by atomic mass is 10.3. The number of hydrogen-bond acceptors (Lipinski definition) is 3. The fourth-order valence-electron chi connectivity index (χ4n) is 0.705. The van der Waals surface area contributed by atoms with E-state index in [0.717, 1.165) is 0 Å². The molecule has 0 aromatic heterocycles. The fourth-order valence-corrected chi connectivity index (χ4v) is 0.878. The highest BCUT2D eigenvalue weighted by Crippen LogP contribution is 2.23. The summed E-state index contributed by atoms with van der Waals surface area (Å²) in [4.78, 5) is 10.1. The normalized spacial score (nSPS) is 10.5. The van der Waals surface area contributed by atoms with E-state index >= 15 is 0 Å². The molecule has 0 aliphatic heterocycles. The average Bonchev–Trinajstić information content (AvgIpc) is 2.08. The van der Waals surface area contributed by atoms with Gasteiger partial charge in [0.25, 0.3) is 0 Å². The summed E-state index contributed by atoms with van der Waals surface area (Å²) in [5.74, 6) is -1.02. The van der Waals surface area contributed by atoms with Gasteiger partial charge in [0.15, 0.2) is 6.54 Å². The van der Waals surface area contributed by atoms with Crippen molar-refractivity contribution in [1.82, 2.24) is 0 Å². The van der Waals surface area contributed by atoms with Gasteiger partial charge in [-0.3, -0.25) is 4.79 Å². The number of benzene rings is 1. The van der Waals surface area contributed by atoms with E-state index in [-0.39, 0.29) is 6.54 Å². The molecule has 1 rings (SSSR count). The van der Waals surface area contributed by atoms with Crippen LogP contribution in [0, 0.1) is 0 Å². The van der Waals surface area contributed by atoms with Crippen LogP contribution in [-0.2, 0) is 4.79 Å². The molecule has 0 radical (unpaired) electrons. The minimum Gasteiger partial charge on any atom is -0.480 e. The van der Waals surface area contributed by atoms with Gasteiger partial charge >= 0.3 is 5.97 Å². The van der Waals surface area contributed by atoms with Crippen molar-refractivity contribution in [3.05, 3.63) is 29.3 Å². The van der Waals surface area contributed by atoms with Gasteiger partial charge in [-0.05, 0) is 12.1 Å². The molecule has 0 spiro atoms. The van der Waals surface area contributed by atoms with Crippen LogP contribution in [0.25, 0.3) is 0 Å². The van der Waals surface area contributed by atoms with Gasteiger partial charge in [0.05, 0.1) is 5.02 Å². The van der Waals surface area contributed by atoms with Crippen LogP contribution in [0.1, 0.15) is 0 Å². The second kappa shape index (κ2) is 4.57. The maximum absolute atomic E-state index is 10.1. The van der Waals surface area contributed by atoms with E-state index in [2.05, 4.69) is 10.2 Å². The van der Waals surface area contributed by atoms with E-state index in [1.54, 1.807) is 24.3 Å². The highest BCUT2D eigenvalue weighted by atomic mass is 35.5.